The van der Waals surface area contributed by atoms with Crippen LogP contribution >= 0.6 is 0 Å². The van der Waals surface area contributed by atoms with E-state index in [4.69, 9.17) is 4.74 Å². The first-order valence-corrected chi connectivity index (χ1v) is 5.60. The molecule has 2 fully saturated rings. The maximum Gasteiger partial charge on any atom is 0.308 e. The molecule has 3 nitrogen and oxygen atoms in total. The minimum atomic E-state index is -0.00553. The summed E-state index contributed by atoms with van der Waals surface area (Å²) in [6.45, 7) is 2.25. The summed E-state index contributed by atoms with van der Waals surface area (Å²) in [6, 6.07) is 0. The van der Waals surface area contributed by atoms with Gasteiger partial charge >= 0.3 is 5.97 Å². The molecule has 0 amide bonds. The molecule has 0 aromatic rings. The summed E-state index contributed by atoms with van der Waals surface area (Å²) in [4.78, 5) is 11.4. The summed E-state index contributed by atoms with van der Waals surface area (Å²) in [7, 11) is 1.49. The van der Waals surface area contributed by atoms with Gasteiger partial charge in [-0.05, 0) is 50.6 Å². The van der Waals surface area contributed by atoms with Crippen LogP contribution in [0.3, 0.4) is 0 Å². The van der Waals surface area contributed by atoms with Crippen LogP contribution in [0, 0.1) is 17.8 Å². The molecule has 0 aromatic heterocycles. The smallest absolute Gasteiger partial charge is 0.308 e. The second-order valence-corrected chi connectivity index (χ2v) is 4.55. The fourth-order valence-electron chi connectivity index (χ4n) is 2.91. The molecule has 2 aliphatic rings. The number of carbonyl (C=O) groups excluding carboxylic acids is 1. The van der Waals surface area contributed by atoms with Gasteiger partial charge in [-0.15, -0.1) is 0 Å². The molecule has 14 heavy (non-hydrogen) atoms. The third-order valence-electron chi connectivity index (χ3n) is 3.77. The second kappa shape index (κ2) is 4.30. The molecule has 3 heteroatoms. The van der Waals surface area contributed by atoms with Gasteiger partial charge in [0.25, 0.3) is 0 Å². The summed E-state index contributed by atoms with van der Waals surface area (Å²) in [5.74, 6) is 1.73. The zero-order valence-electron chi connectivity index (χ0n) is 8.79. The molecule has 1 aliphatic heterocycles. The van der Waals surface area contributed by atoms with Gasteiger partial charge in [0, 0.05) is 0 Å². The number of methoxy groups -OCH3 is 1. The quantitative estimate of drug-likeness (QED) is 0.642. The minimum Gasteiger partial charge on any atom is -0.469 e. The van der Waals surface area contributed by atoms with E-state index in [2.05, 4.69) is 5.32 Å². The Morgan fingerprint density at radius 3 is 2.93 bits per heavy atom. The highest BCUT2D eigenvalue weighted by Gasteiger charge is 2.35. The zero-order valence-corrected chi connectivity index (χ0v) is 8.79. The summed E-state index contributed by atoms with van der Waals surface area (Å²) in [6.07, 6.45) is 4.57. The summed E-state index contributed by atoms with van der Waals surface area (Å²) < 4.78 is 4.81. The Morgan fingerprint density at radius 1 is 1.29 bits per heavy atom. The average Bonchev–Trinajstić information content (AvgIpc) is 2.27. The summed E-state index contributed by atoms with van der Waals surface area (Å²) in [5.41, 5.74) is 0. The van der Waals surface area contributed by atoms with E-state index in [1.165, 1.54) is 20.0 Å². The number of ether oxygens (including phenoxy) is 1. The standard InChI is InChI=1S/C11H19NO2/c1-14-11(13)9-3-2-8-4-5-12-7-10(8)6-9/h8-10,12H,2-7H2,1H3/t8-,9-,10-/m1/s1. The molecule has 0 bridgehead atoms. The number of esters is 1. The third kappa shape index (κ3) is 1.92. The Kier molecular flexibility index (Phi) is 3.06. The molecular weight excluding hydrogens is 178 g/mol. The first-order chi connectivity index (χ1) is 6.81. The van der Waals surface area contributed by atoms with Gasteiger partial charge < -0.3 is 10.1 Å². The molecule has 3 atom stereocenters. The number of nitrogens with one attached hydrogen (secondary N) is 1. The van der Waals surface area contributed by atoms with Crippen molar-refractivity contribution in [2.75, 3.05) is 20.2 Å². The van der Waals surface area contributed by atoms with Crippen molar-refractivity contribution in [1.82, 2.24) is 5.32 Å². The average molecular weight is 197 g/mol. The maximum atomic E-state index is 11.4. The predicted octanol–water partition coefficient (Wildman–Crippen LogP) is 1.19. The van der Waals surface area contributed by atoms with Gasteiger partial charge in [-0.3, -0.25) is 4.79 Å². The van der Waals surface area contributed by atoms with E-state index < -0.39 is 0 Å². The van der Waals surface area contributed by atoms with E-state index in [1.54, 1.807) is 0 Å². The molecule has 2 rings (SSSR count). The van der Waals surface area contributed by atoms with Crippen LogP contribution < -0.4 is 5.32 Å². The number of hydrogen-bond acceptors (Lipinski definition) is 3. The molecule has 0 aromatic carbocycles. The molecule has 1 aliphatic carbocycles. The molecule has 80 valence electrons. The van der Waals surface area contributed by atoms with Crippen molar-refractivity contribution >= 4 is 5.97 Å². The predicted molar refractivity (Wildman–Crippen MR) is 53.8 cm³/mol. The van der Waals surface area contributed by atoms with Crippen molar-refractivity contribution in [3.05, 3.63) is 0 Å². The van der Waals surface area contributed by atoms with Crippen LogP contribution in [0.2, 0.25) is 0 Å². The van der Waals surface area contributed by atoms with Crippen molar-refractivity contribution in [1.29, 1.82) is 0 Å². The number of rotatable bonds is 1. The number of carbonyl (C=O) groups is 1. The molecular formula is C11H19NO2. The Morgan fingerprint density at radius 2 is 2.14 bits per heavy atom. The first-order valence-electron chi connectivity index (χ1n) is 5.60. The lowest BCUT2D eigenvalue weighted by Gasteiger charge is -2.38. The normalized spacial score (nSPS) is 37.4. The van der Waals surface area contributed by atoms with Crippen LogP contribution in [0.5, 0.6) is 0 Å². The van der Waals surface area contributed by atoms with Crippen LogP contribution in [0.4, 0.5) is 0 Å². The fraction of sp³-hybridized carbons (Fsp3) is 0.909. The number of fused-ring (bicyclic) bond motifs is 1. The van der Waals surface area contributed by atoms with Crippen molar-refractivity contribution in [3.63, 3.8) is 0 Å². The summed E-state index contributed by atoms with van der Waals surface area (Å²) in [5, 5.41) is 3.41. The van der Waals surface area contributed by atoms with Crippen molar-refractivity contribution in [2.45, 2.75) is 25.7 Å². The van der Waals surface area contributed by atoms with E-state index in [0.717, 1.165) is 31.8 Å². The molecule has 0 spiro atoms. The lowest BCUT2D eigenvalue weighted by molar-refractivity contribution is -0.147. The highest BCUT2D eigenvalue weighted by atomic mass is 16.5. The van der Waals surface area contributed by atoms with Gasteiger partial charge in [-0.2, -0.15) is 0 Å². The maximum absolute atomic E-state index is 11.4. The Bertz CT molecular complexity index is 217. The van der Waals surface area contributed by atoms with Gasteiger partial charge in [0.1, 0.15) is 0 Å². The zero-order chi connectivity index (χ0) is 9.97. The summed E-state index contributed by atoms with van der Waals surface area (Å²) >= 11 is 0. The van der Waals surface area contributed by atoms with Gasteiger partial charge in [0.15, 0.2) is 0 Å². The third-order valence-corrected chi connectivity index (χ3v) is 3.77. The van der Waals surface area contributed by atoms with Crippen molar-refractivity contribution in [3.8, 4) is 0 Å². The van der Waals surface area contributed by atoms with Gasteiger partial charge in [0.05, 0.1) is 13.0 Å². The molecule has 0 radical (unpaired) electrons. The Balaban J connectivity index is 1.92. The molecule has 0 unspecified atom stereocenters. The number of piperidine rings is 1. The molecule has 1 N–H and O–H groups in total. The topological polar surface area (TPSA) is 38.3 Å². The van der Waals surface area contributed by atoms with Crippen LogP contribution in [0.1, 0.15) is 25.7 Å². The van der Waals surface area contributed by atoms with Gasteiger partial charge in [0.2, 0.25) is 0 Å². The molecule has 1 saturated heterocycles. The lowest BCUT2D eigenvalue weighted by atomic mass is 9.71. The van der Waals surface area contributed by atoms with Gasteiger partial charge in [-0.25, -0.2) is 0 Å². The monoisotopic (exact) mass is 197 g/mol. The van der Waals surface area contributed by atoms with Crippen molar-refractivity contribution in [2.24, 2.45) is 17.8 Å². The SMILES string of the molecule is COC(=O)[C@@H]1CC[C@@H]2CCNC[C@H]2C1. The minimum absolute atomic E-state index is 0.00553. The number of hydrogen-bond donors (Lipinski definition) is 1. The van der Waals surface area contributed by atoms with E-state index in [0.29, 0.717) is 5.92 Å². The van der Waals surface area contributed by atoms with Crippen LogP contribution in [0.25, 0.3) is 0 Å². The van der Waals surface area contributed by atoms with Crippen LogP contribution in [0.15, 0.2) is 0 Å². The highest BCUT2D eigenvalue weighted by Crippen LogP contribution is 2.37. The van der Waals surface area contributed by atoms with E-state index in [9.17, 15) is 4.79 Å². The van der Waals surface area contributed by atoms with Crippen LogP contribution in [-0.4, -0.2) is 26.2 Å². The van der Waals surface area contributed by atoms with E-state index in [1.807, 2.05) is 0 Å². The lowest BCUT2D eigenvalue weighted by Crippen LogP contribution is -2.41. The second-order valence-electron chi connectivity index (χ2n) is 4.55. The highest BCUT2D eigenvalue weighted by molar-refractivity contribution is 5.72. The molecule has 1 saturated carbocycles. The van der Waals surface area contributed by atoms with Gasteiger partial charge in [-0.1, -0.05) is 0 Å². The van der Waals surface area contributed by atoms with Crippen LogP contribution in [-0.2, 0) is 9.53 Å². The molecule has 1 heterocycles. The Hall–Kier alpha value is -0.570. The first kappa shape index (κ1) is 9.97. The van der Waals surface area contributed by atoms with E-state index >= 15 is 0 Å². The Labute approximate surface area is 85.2 Å². The largest absolute Gasteiger partial charge is 0.469 e. The fourth-order valence-corrected chi connectivity index (χ4v) is 2.91. The van der Waals surface area contributed by atoms with Crippen molar-refractivity contribution < 1.29 is 9.53 Å². The van der Waals surface area contributed by atoms with E-state index in [-0.39, 0.29) is 11.9 Å².